The van der Waals surface area contributed by atoms with Crippen LogP contribution in [0.3, 0.4) is 0 Å². The standard InChI is InChI=1S/C23H26ClF4N3O3/c1-15-11-30(13-22(33)29-16-6-7-19(24)18(10-16)23(26,27)28)8-9-31(15)12-17(32)14-34-21-5-3-2-4-20(21)25/h2-7,10,15,17,32H,8-9,11-14H2,1H3,(H,29,33). The van der Waals surface area contributed by atoms with E-state index in [1.807, 2.05) is 16.7 Å². The van der Waals surface area contributed by atoms with Crippen LogP contribution in [0.15, 0.2) is 42.5 Å². The summed E-state index contributed by atoms with van der Waals surface area (Å²) in [4.78, 5) is 16.3. The molecule has 11 heteroatoms. The zero-order valence-corrected chi connectivity index (χ0v) is 19.2. The smallest absolute Gasteiger partial charge is 0.417 e. The summed E-state index contributed by atoms with van der Waals surface area (Å²) in [5, 5.41) is 12.3. The zero-order chi connectivity index (χ0) is 24.9. The van der Waals surface area contributed by atoms with Gasteiger partial charge in [0.25, 0.3) is 0 Å². The molecule has 0 radical (unpaired) electrons. The van der Waals surface area contributed by atoms with Crippen LogP contribution in [0.2, 0.25) is 5.02 Å². The number of nitrogens with one attached hydrogen (secondary N) is 1. The molecule has 2 unspecified atom stereocenters. The van der Waals surface area contributed by atoms with Crippen molar-refractivity contribution in [1.29, 1.82) is 0 Å². The summed E-state index contributed by atoms with van der Waals surface area (Å²) in [7, 11) is 0. The Balaban J connectivity index is 1.45. The number of nitrogens with zero attached hydrogens (tertiary/aromatic N) is 2. The van der Waals surface area contributed by atoms with Gasteiger partial charge in [0.2, 0.25) is 5.91 Å². The lowest BCUT2D eigenvalue weighted by molar-refractivity contribution is -0.137. The molecule has 0 aliphatic carbocycles. The highest BCUT2D eigenvalue weighted by atomic mass is 35.5. The van der Waals surface area contributed by atoms with Crippen molar-refractivity contribution in [2.24, 2.45) is 0 Å². The van der Waals surface area contributed by atoms with E-state index in [4.69, 9.17) is 16.3 Å². The minimum atomic E-state index is -4.62. The SMILES string of the molecule is CC1CN(CC(=O)Nc2ccc(Cl)c(C(F)(F)F)c2)CCN1CC(O)COc1ccccc1F. The van der Waals surface area contributed by atoms with E-state index in [0.717, 1.165) is 12.1 Å². The molecule has 34 heavy (non-hydrogen) atoms. The van der Waals surface area contributed by atoms with Crippen LogP contribution in [-0.4, -0.2) is 72.3 Å². The maximum Gasteiger partial charge on any atom is 0.417 e. The van der Waals surface area contributed by atoms with Crippen molar-refractivity contribution in [2.45, 2.75) is 25.2 Å². The average molecular weight is 504 g/mol. The number of alkyl halides is 3. The van der Waals surface area contributed by atoms with Crippen LogP contribution >= 0.6 is 11.6 Å². The van der Waals surface area contributed by atoms with E-state index in [1.165, 1.54) is 18.2 Å². The Kier molecular flexibility index (Phi) is 8.75. The number of hydrogen-bond donors (Lipinski definition) is 2. The molecule has 0 bridgehead atoms. The molecule has 1 heterocycles. The number of ether oxygens (including phenoxy) is 1. The molecular formula is C23H26ClF4N3O3. The van der Waals surface area contributed by atoms with Crippen LogP contribution in [-0.2, 0) is 11.0 Å². The molecule has 1 saturated heterocycles. The number of para-hydroxylation sites is 1. The first-order valence-electron chi connectivity index (χ1n) is 10.7. The van der Waals surface area contributed by atoms with Crippen LogP contribution in [0.5, 0.6) is 5.75 Å². The van der Waals surface area contributed by atoms with Gasteiger partial charge in [0.15, 0.2) is 11.6 Å². The quantitative estimate of drug-likeness (QED) is 0.535. The van der Waals surface area contributed by atoms with Crippen molar-refractivity contribution in [3.8, 4) is 5.75 Å². The normalized spacial score (nSPS) is 18.5. The molecule has 3 rings (SSSR count). The molecule has 2 N–H and O–H groups in total. The Bertz CT molecular complexity index is 992. The van der Waals surface area contributed by atoms with Crippen LogP contribution < -0.4 is 10.1 Å². The summed E-state index contributed by atoms with van der Waals surface area (Å²) in [6, 6.07) is 9.20. The predicted molar refractivity (Wildman–Crippen MR) is 120 cm³/mol. The fourth-order valence-electron chi connectivity index (χ4n) is 3.78. The fraction of sp³-hybridized carbons (Fsp3) is 0.435. The van der Waals surface area contributed by atoms with E-state index in [1.54, 1.807) is 12.1 Å². The molecule has 0 aromatic heterocycles. The van der Waals surface area contributed by atoms with E-state index in [0.29, 0.717) is 26.2 Å². The predicted octanol–water partition coefficient (Wildman–Crippen LogP) is 3.88. The topological polar surface area (TPSA) is 65.0 Å². The first-order chi connectivity index (χ1) is 16.0. The Morgan fingerprint density at radius 3 is 2.68 bits per heavy atom. The number of aliphatic hydroxyl groups is 1. The van der Waals surface area contributed by atoms with Crippen molar-refractivity contribution >= 4 is 23.2 Å². The molecular weight excluding hydrogens is 478 g/mol. The molecule has 0 spiro atoms. The molecule has 6 nitrogen and oxygen atoms in total. The third kappa shape index (κ3) is 7.30. The van der Waals surface area contributed by atoms with Crippen LogP contribution in [0.1, 0.15) is 12.5 Å². The average Bonchev–Trinajstić information content (AvgIpc) is 2.75. The van der Waals surface area contributed by atoms with Gasteiger partial charge in [0, 0.05) is 37.9 Å². The number of β-amino-alcohol motifs (C(OH)–C–C–N with tert-alkyl or cyclic N) is 1. The second-order valence-corrected chi connectivity index (χ2v) is 8.62. The molecule has 186 valence electrons. The van der Waals surface area contributed by atoms with Crippen molar-refractivity contribution in [3.63, 3.8) is 0 Å². The number of hydrogen-bond acceptors (Lipinski definition) is 5. The minimum absolute atomic E-state index is 0.0111. The number of anilines is 1. The van der Waals surface area contributed by atoms with Crippen LogP contribution in [0.4, 0.5) is 23.2 Å². The van der Waals surface area contributed by atoms with Crippen LogP contribution in [0, 0.1) is 5.82 Å². The summed E-state index contributed by atoms with van der Waals surface area (Å²) < 4.78 is 58.0. The first-order valence-corrected chi connectivity index (χ1v) is 11.1. The first kappa shape index (κ1) is 26.2. The highest BCUT2D eigenvalue weighted by Gasteiger charge is 2.33. The van der Waals surface area contributed by atoms with Gasteiger partial charge in [-0.25, -0.2) is 4.39 Å². The second kappa shape index (κ2) is 11.4. The highest BCUT2D eigenvalue weighted by molar-refractivity contribution is 6.31. The summed E-state index contributed by atoms with van der Waals surface area (Å²) in [6.07, 6.45) is -5.45. The maximum absolute atomic E-state index is 13.6. The summed E-state index contributed by atoms with van der Waals surface area (Å²) in [5.74, 6) is -0.855. The minimum Gasteiger partial charge on any atom is -0.488 e. The number of carbonyl (C=O) groups is 1. The molecule has 1 aliphatic heterocycles. The Morgan fingerprint density at radius 1 is 1.26 bits per heavy atom. The summed E-state index contributed by atoms with van der Waals surface area (Å²) in [6.45, 7) is 3.86. The summed E-state index contributed by atoms with van der Waals surface area (Å²) >= 11 is 5.61. The van der Waals surface area contributed by atoms with E-state index < -0.39 is 34.6 Å². The van der Waals surface area contributed by atoms with Gasteiger partial charge in [-0.05, 0) is 37.3 Å². The number of halogens is 5. The van der Waals surface area contributed by atoms with Gasteiger partial charge in [0.05, 0.1) is 17.1 Å². The van der Waals surface area contributed by atoms with Crippen molar-refractivity contribution in [2.75, 3.05) is 44.6 Å². The monoisotopic (exact) mass is 503 g/mol. The van der Waals surface area contributed by atoms with Crippen molar-refractivity contribution in [1.82, 2.24) is 9.80 Å². The number of benzene rings is 2. The molecule has 1 fully saturated rings. The third-order valence-corrected chi connectivity index (χ3v) is 5.81. The van der Waals surface area contributed by atoms with E-state index >= 15 is 0 Å². The lowest BCUT2D eigenvalue weighted by atomic mass is 10.1. The molecule has 2 aromatic carbocycles. The molecule has 2 aromatic rings. The van der Waals surface area contributed by atoms with Crippen molar-refractivity contribution < 1.29 is 32.2 Å². The van der Waals surface area contributed by atoms with Gasteiger partial charge in [-0.1, -0.05) is 23.7 Å². The number of rotatable bonds is 8. The number of amides is 1. The lowest BCUT2D eigenvalue weighted by Crippen LogP contribution is -2.55. The van der Waals surface area contributed by atoms with Gasteiger partial charge < -0.3 is 15.2 Å². The van der Waals surface area contributed by atoms with Gasteiger partial charge >= 0.3 is 6.18 Å². The van der Waals surface area contributed by atoms with E-state index in [-0.39, 0.29) is 30.6 Å². The molecule has 2 atom stereocenters. The van der Waals surface area contributed by atoms with E-state index in [2.05, 4.69) is 5.32 Å². The van der Waals surface area contributed by atoms with Gasteiger partial charge in [0.1, 0.15) is 12.7 Å². The Labute approximate surface area is 200 Å². The summed E-state index contributed by atoms with van der Waals surface area (Å²) in [5.41, 5.74) is -0.988. The second-order valence-electron chi connectivity index (χ2n) is 8.21. The molecule has 1 amide bonds. The van der Waals surface area contributed by atoms with Gasteiger partial charge in [-0.2, -0.15) is 13.2 Å². The van der Waals surface area contributed by atoms with Crippen molar-refractivity contribution in [3.05, 3.63) is 58.9 Å². The zero-order valence-electron chi connectivity index (χ0n) is 18.5. The number of piperazine rings is 1. The Morgan fingerprint density at radius 2 is 2.00 bits per heavy atom. The third-order valence-electron chi connectivity index (χ3n) is 5.49. The van der Waals surface area contributed by atoms with Gasteiger partial charge in [-0.15, -0.1) is 0 Å². The largest absolute Gasteiger partial charge is 0.488 e. The fourth-order valence-corrected chi connectivity index (χ4v) is 4.01. The van der Waals surface area contributed by atoms with Gasteiger partial charge in [-0.3, -0.25) is 14.6 Å². The number of aliphatic hydroxyl groups excluding tert-OH is 1. The maximum atomic E-state index is 13.6. The highest BCUT2D eigenvalue weighted by Crippen LogP contribution is 2.36. The van der Waals surface area contributed by atoms with Crippen LogP contribution in [0.25, 0.3) is 0 Å². The molecule has 0 saturated carbocycles. The Hall–Kier alpha value is -2.40. The van der Waals surface area contributed by atoms with E-state index in [9.17, 15) is 27.5 Å². The number of carbonyl (C=O) groups excluding carboxylic acids is 1. The lowest BCUT2D eigenvalue weighted by Gasteiger charge is -2.40. The molecule has 1 aliphatic rings.